The molecule has 0 fully saturated rings. The molecule has 0 N–H and O–H groups in total. The third kappa shape index (κ3) is 5.32. The Bertz CT molecular complexity index is 476. The van der Waals surface area contributed by atoms with Crippen molar-refractivity contribution in [3.05, 3.63) is 23.8 Å². The van der Waals surface area contributed by atoms with Crippen molar-refractivity contribution in [3.8, 4) is 11.5 Å². The predicted octanol–water partition coefficient (Wildman–Crippen LogP) is 4.15. The lowest BCUT2D eigenvalue weighted by molar-refractivity contribution is -0.275. The first-order valence-corrected chi connectivity index (χ1v) is 6.29. The van der Waals surface area contributed by atoms with E-state index in [-0.39, 0.29) is 12.0 Å². The monoisotopic (exact) mass is 362 g/mol. The summed E-state index contributed by atoms with van der Waals surface area (Å²) in [7, 11) is 0. The third-order valence-electron chi connectivity index (χ3n) is 2.03. The number of Topliss-reactive ketones (excluding diaryl/α,β-unsaturated/α-hetero) is 1. The lowest BCUT2D eigenvalue weighted by Gasteiger charge is -2.14. The van der Waals surface area contributed by atoms with Crippen LogP contribution in [0.3, 0.4) is 0 Å². The van der Waals surface area contributed by atoms with E-state index in [2.05, 4.69) is 25.4 Å². The Labute approximate surface area is 118 Å². The van der Waals surface area contributed by atoms with Crippen molar-refractivity contribution in [2.75, 3.05) is 5.33 Å². The molecule has 0 aromatic heterocycles. The molecule has 1 rings (SSSR count). The molecular weight excluding hydrogens is 355 g/mol. The first kappa shape index (κ1) is 16.7. The molecule has 20 heavy (non-hydrogen) atoms. The topological polar surface area (TPSA) is 35.5 Å². The van der Waals surface area contributed by atoms with Crippen molar-refractivity contribution >= 4 is 21.7 Å². The first-order chi connectivity index (χ1) is 9.23. The molecule has 0 aliphatic carbocycles. The number of rotatable bonds is 6. The van der Waals surface area contributed by atoms with Crippen molar-refractivity contribution in [2.45, 2.75) is 19.4 Å². The number of hydrogen-bond acceptors (Lipinski definition) is 3. The molecular formula is C11H8BrF5O3. The minimum Gasteiger partial charge on any atom is -0.431 e. The van der Waals surface area contributed by atoms with E-state index in [0.717, 1.165) is 18.2 Å². The van der Waals surface area contributed by atoms with Crippen LogP contribution in [0.1, 0.15) is 16.8 Å². The molecule has 9 heteroatoms. The van der Waals surface area contributed by atoms with Gasteiger partial charge in [-0.2, -0.15) is 8.78 Å². The molecule has 0 unspecified atom stereocenters. The Morgan fingerprint density at radius 2 is 1.90 bits per heavy atom. The summed E-state index contributed by atoms with van der Waals surface area (Å²) in [6.07, 6.45) is -5.04. The van der Waals surface area contributed by atoms with Gasteiger partial charge < -0.3 is 9.47 Å². The summed E-state index contributed by atoms with van der Waals surface area (Å²) in [4.78, 5) is 11.5. The fraction of sp³-hybridized carbons (Fsp3) is 0.364. The molecule has 0 amide bonds. The smallest absolute Gasteiger partial charge is 0.431 e. The number of ether oxygens (including phenoxy) is 2. The van der Waals surface area contributed by atoms with E-state index in [1.165, 1.54) is 0 Å². The summed E-state index contributed by atoms with van der Waals surface area (Å²) in [5.41, 5.74) is -0.0923. The highest BCUT2D eigenvalue weighted by molar-refractivity contribution is 9.09. The number of carbonyl (C=O) groups is 1. The van der Waals surface area contributed by atoms with Crippen LogP contribution >= 0.6 is 15.9 Å². The van der Waals surface area contributed by atoms with E-state index in [1.807, 2.05) is 0 Å². The van der Waals surface area contributed by atoms with Gasteiger partial charge in [-0.05, 0) is 18.2 Å². The van der Waals surface area contributed by atoms with Gasteiger partial charge in [-0.25, -0.2) is 0 Å². The number of halogens is 6. The Morgan fingerprint density at radius 3 is 2.40 bits per heavy atom. The fourth-order valence-corrected chi connectivity index (χ4v) is 1.67. The van der Waals surface area contributed by atoms with Gasteiger partial charge in [0, 0.05) is 17.3 Å². The van der Waals surface area contributed by atoms with Crippen molar-refractivity contribution in [3.63, 3.8) is 0 Å². The summed E-state index contributed by atoms with van der Waals surface area (Å²) < 4.78 is 68.2. The number of benzene rings is 1. The summed E-state index contributed by atoms with van der Waals surface area (Å²) in [6, 6.07) is 2.64. The normalized spacial score (nSPS) is 11.6. The number of alkyl halides is 6. The lowest BCUT2D eigenvalue weighted by Crippen LogP contribution is -2.18. The zero-order chi connectivity index (χ0) is 15.3. The van der Waals surface area contributed by atoms with Crippen LogP contribution in [-0.4, -0.2) is 24.1 Å². The first-order valence-electron chi connectivity index (χ1n) is 5.16. The molecule has 0 heterocycles. The van der Waals surface area contributed by atoms with Gasteiger partial charge in [0.25, 0.3) is 0 Å². The van der Waals surface area contributed by atoms with E-state index in [9.17, 15) is 26.7 Å². The van der Waals surface area contributed by atoms with E-state index in [1.54, 1.807) is 0 Å². The van der Waals surface area contributed by atoms with E-state index in [0.29, 0.717) is 5.33 Å². The lowest BCUT2D eigenvalue weighted by atomic mass is 10.1. The largest absolute Gasteiger partial charge is 0.573 e. The molecule has 0 spiro atoms. The highest BCUT2D eigenvalue weighted by atomic mass is 79.9. The van der Waals surface area contributed by atoms with Crippen molar-refractivity contribution in [1.29, 1.82) is 0 Å². The maximum atomic E-state index is 12.2. The van der Waals surface area contributed by atoms with Gasteiger partial charge in [0.05, 0.1) is 0 Å². The second-order valence-electron chi connectivity index (χ2n) is 3.45. The summed E-state index contributed by atoms with van der Waals surface area (Å²) in [6.45, 7) is -3.31. The summed E-state index contributed by atoms with van der Waals surface area (Å²) in [5, 5.41) is 0.316. The standard InChI is InChI=1S/C11H8BrF5O3/c12-4-3-7(18)6-1-2-8(19-10(13)14)9(5-6)20-11(15,16)17/h1-2,5,10H,3-4H2. The van der Waals surface area contributed by atoms with Crippen LogP contribution in [0, 0.1) is 0 Å². The molecule has 0 bridgehead atoms. The van der Waals surface area contributed by atoms with Gasteiger partial charge in [-0.15, -0.1) is 13.2 Å². The van der Waals surface area contributed by atoms with Crippen molar-refractivity contribution < 1.29 is 36.2 Å². The van der Waals surface area contributed by atoms with Crippen molar-refractivity contribution in [1.82, 2.24) is 0 Å². The molecule has 0 atom stereocenters. The van der Waals surface area contributed by atoms with E-state index < -0.39 is 30.3 Å². The quantitative estimate of drug-likeness (QED) is 0.433. The maximum absolute atomic E-state index is 12.2. The molecule has 0 radical (unpaired) electrons. The van der Waals surface area contributed by atoms with Gasteiger partial charge in [0.1, 0.15) is 0 Å². The van der Waals surface area contributed by atoms with Gasteiger partial charge >= 0.3 is 13.0 Å². The molecule has 1 aromatic rings. The number of hydrogen-bond donors (Lipinski definition) is 0. The van der Waals surface area contributed by atoms with E-state index in [4.69, 9.17) is 0 Å². The summed E-state index contributed by atoms with van der Waals surface area (Å²) in [5.74, 6) is -2.25. The second kappa shape index (κ2) is 6.87. The van der Waals surface area contributed by atoms with Gasteiger partial charge in [0.2, 0.25) is 0 Å². The Kier molecular flexibility index (Phi) is 5.73. The van der Waals surface area contributed by atoms with Gasteiger partial charge in [-0.3, -0.25) is 4.79 Å². The molecule has 0 aliphatic rings. The van der Waals surface area contributed by atoms with Crippen LogP contribution < -0.4 is 9.47 Å². The van der Waals surface area contributed by atoms with Crippen molar-refractivity contribution in [2.24, 2.45) is 0 Å². The predicted molar refractivity (Wildman–Crippen MR) is 62.5 cm³/mol. The highest BCUT2D eigenvalue weighted by Gasteiger charge is 2.33. The van der Waals surface area contributed by atoms with Gasteiger partial charge in [0.15, 0.2) is 17.3 Å². The third-order valence-corrected chi connectivity index (χ3v) is 2.43. The Hall–Kier alpha value is -1.38. The van der Waals surface area contributed by atoms with Crippen LogP contribution in [-0.2, 0) is 0 Å². The van der Waals surface area contributed by atoms with Crippen LogP contribution in [0.2, 0.25) is 0 Å². The zero-order valence-corrected chi connectivity index (χ0v) is 11.3. The Morgan fingerprint density at radius 1 is 1.25 bits per heavy atom. The van der Waals surface area contributed by atoms with Crippen LogP contribution in [0.25, 0.3) is 0 Å². The highest BCUT2D eigenvalue weighted by Crippen LogP contribution is 2.34. The maximum Gasteiger partial charge on any atom is 0.573 e. The zero-order valence-electron chi connectivity index (χ0n) is 9.72. The second-order valence-corrected chi connectivity index (χ2v) is 4.24. The molecule has 0 saturated carbocycles. The minimum absolute atomic E-state index is 0.0422. The van der Waals surface area contributed by atoms with E-state index >= 15 is 0 Å². The number of ketones is 1. The minimum atomic E-state index is -5.09. The average Bonchev–Trinajstić information content (AvgIpc) is 2.29. The SMILES string of the molecule is O=C(CCBr)c1ccc(OC(F)F)c(OC(F)(F)F)c1. The average molecular weight is 363 g/mol. The molecule has 1 aromatic carbocycles. The Balaban J connectivity index is 3.10. The van der Waals surface area contributed by atoms with Crippen LogP contribution in [0.5, 0.6) is 11.5 Å². The fourth-order valence-electron chi connectivity index (χ4n) is 1.31. The molecule has 3 nitrogen and oxygen atoms in total. The number of carbonyl (C=O) groups excluding carboxylic acids is 1. The molecule has 0 saturated heterocycles. The molecule has 0 aliphatic heterocycles. The van der Waals surface area contributed by atoms with Crippen LogP contribution in [0.4, 0.5) is 22.0 Å². The molecule has 112 valence electrons. The van der Waals surface area contributed by atoms with Gasteiger partial charge in [-0.1, -0.05) is 15.9 Å². The van der Waals surface area contributed by atoms with Crippen LogP contribution in [0.15, 0.2) is 18.2 Å². The summed E-state index contributed by atoms with van der Waals surface area (Å²) >= 11 is 3.01.